The van der Waals surface area contributed by atoms with Gasteiger partial charge in [0.2, 0.25) is 0 Å². The fraction of sp³-hybridized carbons (Fsp3) is 0.600. The summed E-state index contributed by atoms with van der Waals surface area (Å²) in [6.45, 7) is 4.95. The highest BCUT2D eigenvalue weighted by Gasteiger charge is 2.07. The molecule has 18 heavy (non-hydrogen) atoms. The van der Waals surface area contributed by atoms with Crippen molar-refractivity contribution in [2.75, 3.05) is 0 Å². The smallest absolute Gasteiger partial charge is 0.159 e. The molecule has 0 bridgehead atoms. The summed E-state index contributed by atoms with van der Waals surface area (Å²) in [7, 11) is 0. The summed E-state index contributed by atoms with van der Waals surface area (Å²) in [6, 6.07) is 4.56. The van der Waals surface area contributed by atoms with Gasteiger partial charge in [-0.25, -0.2) is 8.78 Å². The molecule has 1 aromatic rings. The summed E-state index contributed by atoms with van der Waals surface area (Å²) in [5, 5.41) is 3.43. The number of rotatable bonds is 8. The number of halogens is 2. The summed E-state index contributed by atoms with van der Waals surface area (Å²) in [6.07, 6.45) is 5.80. The van der Waals surface area contributed by atoms with Gasteiger partial charge in [-0.15, -0.1) is 0 Å². The van der Waals surface area contributed by atoms with Gasteiger partial charge in [0.05, 0.1) is 0 Å². The average Bonchev–Trinajstić information content (AvgIpc) is 2.37. The summed E-state index contributed by atoms with van der Waals surface area (Å²) >= 11 is 0. The Morgan fingerprint density at radius 1 is 1.06 bits per heavy atom. The van der Waals surface area contributed by atoms with Crippen molar-refractivity contribution in [2.45, 2.75) is 58.5 Å². The predicted molar refractivity (Wildman–Crippen MR) is 71.4 cm³/mol. The summed E-state index contributed by atoms with van der Waals surface area (Å²) < 4.78 is 25.8. The second kappa shape index (κ2) is 8.20. The predicted octanol–water partition coefficient (Wildman–Crippen LogP) is 4.41. The fourth-order valence-electron chi connectivity index (χ4n) is 2.06. The highest BCUT2D eigenvalue weighted by molar-refractivity contribution is 5.17. The van der Waals surface area contributed by atoms with Gasteiger partial charge in [0, 0.05) is 12.6 Å². The minimum absolute atomic E-state index is 0.475. The van der Waals surface area contributed by atoms with Crippen LogP contribution in [0.25, 0.3) is 0 Å². The molecule has 0 spiro atoms. The van der Waals surface area contributed by atoms with Crippen LogP contribution >= 0.6 is 0 Å². The molecule has 0 aliphatic rings. The van der Waals surface area contributed by atoms with Crippen molar-refractivity contribution in [3.05, 3.63) is 35.4 Å². The molecule has 0 heterocycles. The van der Waals surface area contributed by atoms with Gasteiger partial charge in [-0.1, -0.05) is 39.2 Å². The Morgan fingerprint density at radius 3 is 2.44 bits per heavy atom. The quantitative estimate of drug-likeness (QED) is 0.725. The molecule has 1 atom stereocenters. The van der Waals surface area contributed by atoms with Crippen molar-refractivity contribution in [3.63, 3.8) is 0 Å². The van der Waals surface area contributed by atoms with E-state index in [0.29, 0.717) is 12.6 Å². The molecule has 1 unspecified atom stereocenters. The van der Waals surface area contributed by atoms with Crippen molar-refractivity contribution in [3.8, 4) is 0 Å². The van der Waals surface area contributed by atoms with E-state index < -0.39 is 11.6 Å². The number of nitrogens with one attached hydrogen (secondary N) is 1. The van der Waals surface area contributed by atoms with Crippen LogP contribution in [-0.4, -0.2) is 6.04 Å². The highest BCUT2D eigenvalue weighted by atomic mass is 19.2. The molecule has 0 saturated carbocycles. The monoisotopic (exact) mass is 255 g/mol. The molecule has 0 aliphatic heterocycles. The molecule has 0 saturated heterocycles. The minimum atomic E-state index is -0.783. The van der Waals surface area contributed by atoms with E-state index in [4.69, 9.17) is 0 Å². The van der Waals surface area contributed by atoms with Crippen molar-refractivity contribution in [1.29, 1.82) is 0 Å². The van der Waals surface area contributed by atoms with Gasteiger partial charge in [-0.3, -0.25) is 0 Å². The highest BCUT2D eigenvalue weighted by Crippen LogP contribution is 2.11. The van der Waals surface area contributed by atoms with Crippen molar-refractivity contribution in [2.24, 2.45) is 0 Å². The van der Waals surface area contributed by atoms with E-state index in [2.05, 4.69) is 19.2 Å². The molecule has 1 N–H and O–H groups in total. The molecule has 0 aliphatic carbocycles. The average molecular weight is 255 g/mol. The lowest BCUT2D eigenvalue weighted by Gasteiger charge is -2.18. The molecule has 1 nitrogen and oxygen atoms in total. The molecule has 3 heteroatoms. The number of hydrogen-bond donors (Lipinski definition) is 1. The Kier molecular flexibility index (Phi) is 6.88. The number of hydrogen-bond acceptors (Lipinski definition) is 1. The van der Waals surface area contributed by atoms with Crippen LogP contribution in [0.2, 0.25) is 0 Å². The second-order valence-electron chi connectivity index (χ2n) is 4.76. The molecule has 102 valence electrons. The lowest BCUT2D eigenvalue weighted by atomic mass is 10.0. The molecule has 1 aromatic carbocycles. The molecular formula is C15H23F2N. The van der Waals surface area contributed by atoms with Gasteiger partial charge >= 0.3 is 0 Å². The largest absolute Gasteiger partial charge is 0.310 e. The van der Waals surface area contributed by atoms with Gasteiger partial charge in [-0.05, 0) is 30.5 Å². The van der Waals surface area contributed by atoms with E-state index in [9.17, 15) is 8.78 Å². The first-order valence-corrected chi connectivity index (χ1v) is 6.84. The lowest BCUT2D eigenvalue weighted by molar-refractivity contribution is 0.432. The van der Waals surface area contributed by atoms with Gasteiger partial charge in [0.25, 0.3) is 0 Å². The van der Waals surface area contributed by atoms with Crippen LogP contribution in [0, 0.1) is 11.6 Å². The Labute approximate surface area is 109 Å². The standard InChI is InChI=1S/C15H23F2N/c1-3-5-7-13(6-4-2)18-11-12-8-9-14(16)15(17)10-12/h8-10,13,18H,3-7,11H2,1-2H3. The topological polar surface area (TPSA) is 12.0 Å². The molecule has 0 amide bonds. The Hall–Kier alpha value is -0.960. The first-order chi connectivity index (χ1) is 8.67. The fourth-order valence-corrected chi connectivity index (χ4v) is 2.06. The zero-order valence-electron chi connectivity index (χ0n) is 11.3. The summed E-state index contributed by atoms with van der Waals surface area (Å²) in [5.74, 6) is -1.55. The van der Waals surface area contributed by atoms with E-state index >= 15 is 0 Å². The van der Waals surface area contributed by atoms with E-state index in [1.165, 1.54) is 25.0 Å². The van der Waals surface area contributed by atoms with Gasteiger partial charge in [0.15, 0.2) is 11.6 Å². The first-order valence-electron chi connectivity index (χ1n) is 6.84. The van der Waals surface area contributed by atoms with Gasteiger partial charge in [-0.2, -0.15) is 0 Å². The summed E-state index contributed by atoms with van der Waals surface area (Å²) in [5.41, 5.74) is 0.798. The lowest BCUT2D eigenvalue weighted by Crippen LogP contribution is -2.28. The van der Waals surface area contributed by atoms with Crippen molar-refractivity contribution >= 4 is 0 Å². The Balaban J connectivity index is 2.47. The third kappa shape index (κ3) is 5.13. The number of unbranched alkanes of at least 4 members (excludes halogenated alkanes) is 1. The van der Waals surface area contributed by atoms with Gasteiger partial charge in [0.1, 0.15) is 0 Å². The van der Waals surface area contributed by atoms with E-state index in [-0.39, 0.29) is 0 Å². The SMILES string of the molecule is CCCCC(CCC)NCc1ccc(F)c(F)c1. The minimum Gasteiger partial charge on any atom is -0.310 e. The van der Waals surface area contributed by atoms with Gasteiger partial charge < -0.3 is 5.32 Å². The molecule has 1 rings (SSSR count). The van der Waals surface area contributed by atoms with Crippen molar-refractivity contribution in [1.82, 2.24) is 5.32 Å². The Morgan fingerprint density at radius 2 is 1.83 bits per heavy atom. The van der Waals surface area contributed by atoms with Crippen LogP contribution in [-0.2, 0) is 6.54 Å². The zero-order chi connectivity index (χ0) is 13.4. The third-order valence-corrected chi connectivity index (χ3v) is 3.12. The third-order valence-electron chi connectivity index (χ3n) is 3.12. The maximum absolute atomic E-state index is 13.1. The first kappa shape index (κ1) is 15.1. The van der Waals surface area contributed by atoms with Crippen LogP contribution in [0.1, 0.15) is 51.5 Å². The van der Waals surface area contributed by atoms with Crippen LogP contribution in [0.5, 0.6) is 0 Å². The summed E-state index contributed by atoms with van der Waals surface area (Å²) in [4.78, 5) is 0. The number of benzene rings is 1. The van der Waals surface area contributed by atoms with E-state index in [1.807, 2.05) is 0 Å². The van der Waals surface area contributed by atoms with Crippen LogP contribution < -0.4 is 5.32 Å². The normalized spacial score (nSPS) is 12.7. The van der Waals surface area contributed by atoms with E-state index in [1.54, 1.807) is 6.07 Å². The molecule has 0 fully saturated rings. The van der Waals surface area contributed by atoms with E-state index in [0.717, 1.165) is 24.8 Å². The maximum atomic E-state index is 13.1. The van der Waals surface area contributed by atoms with Crippen molar-refractivity contribution < 1.29 is 8.78 Å². The maximum Gasteiger partial charge on any atom is 0.159 e. The Bertz CT molecular complexity index is 352. The van der Waals surface area contributed by atoms with Crippen LogP contribution in [0.3, 0.4) is 0 Å². The van der Waals surface area contributed by atoms with Crippen LogP contribution in [0.15, 0.2) is 18.2 Å². The zero-order valence-corrected chi connectivity index (χ0v) is 11.3. The molecule has 0 radical (unpaired) electrons. The molecular weight excluding hydrogens is 232 g/mol. The van der Waals surface area contributed by atoms with Crippen LogP contribution in [0.4, 0.5) is 8.78 Å². The second-order valence-corrected chi connectivity index (χ2v) is 4.76. The molecule has 0 aromatic heterocycles.